The predicted octanol–water partition coefficient (Wildman–Crippen LogP) is 2.91. The molecule has 1 aliphatic rings. The molecule has 0 amide bonds. The fraction of sp³-hybridized carbons (Fsp3) is 0.500. The lowest BCUT2D eigenvalue weighted by molar-refractivity contribution is 0.594. The molecule has 0 aromatic heterocycles. The maximum atomic E-state index is 3.48. The molecule has 1 heteroatoms. The molecule has 13 heavy (non-hydrogen) atoms. The van der Waals surface area contributed by atoms with Crippen molar-refractivity contribution in [3.05, 3.63) is 28.8 Å². The number of benzene rings is 1. The standard InChI is InChI=1S/C12H17N/c1-8-4-11-5-9(2)10(3)6-12(11)13-7-8/h5-6,8,13H,4,7H2,1-3H3/t8-/m0/s1. The van der Waals surface area contributed by atoms with Crippen molar-refractivity contribution in [3.63, 3.8) is 0 Å². The number of nitrogens with one attached hydrogen (secondary N) is 1. The molecule has 0 unspecified atom stereocenters. The highest BCUT2D eigenvalue weighted by atomic mass is 14.9. The van der Waals surface area contributed by atoms with Gasteiger partial charge < -0.3 is 5.32 Å². The van der Waals surface area contributed by atoms with Crippen molar-refractivity contribution in [1.82, 2.24) is 0 Å². The topological polar surface area (TPSA) is 12.0 Å². The van der Waals surface area contributed by atoms with Crippen LogP contribution in [0.2, 0.25) is 0 Å². The summed E-state index contributed by atoms with van der Waals surface area (Å²) >= 11 is 0. The number of aryl methyl sites for hydroxylation is 2. The summed E-state index contributed by atoms with van der Waals surface area (Å²) in [6.45, 7) is 7.78. The molecule has 0 fully saturated rings. The first-order valence-electron chi connectivity index (χ1n) is 5.01. The second-order valence-electron chi connectivity index (χ2n) is 4.28. The summed E-state index contributed by atoms with van der Waals surface area (Å²) in [6, 6.07) is 4.60. The number of fused-ring (bicyclic) bond motifs is 1. The molecule has 0 saturated carbocycles. The molecule has 0 radical (unpaired) electrons. The van der Waals surface area contributed by atoms with Gasteiger partial charge in [0.25, 0.3) is 0 Å². The number of hydrogen-bond donors (Lipinski definition) is 1. The molecule has 1 atom stereocenters. The van der Waals surface area contributed by atoms with Crippen LogP contribution in [0.3, 0.4) is 0 Å². The van der Waals surface area contributed by atoms with Gasteiger partial charge in [-0.15, -0.1) is 0 Å². The molecule has 1 aromatic carbocycles. The van der Waals surface area contributed by atoms with Gasteiger partial charge in [-0.05, 0) is 48.9 Å². The zero-order valence-electron chi connectivity index (χ0n) is 8.65. The largest absolute Gasteiger partial charge is 0.385 e. The Morgan fingerprint density at radius 2 is 1.92 bits per heavy atom. The van der Waals surface area contributed by atoms with Gasteiger partial charge in [-0.1, -0.05) is 13.0 Å². The Kier molecular flexibility index (Phi) is 2.03. The molecule has 70 valence electrons. The van der Waals surface area contributed by atoms with E-state index in [4.69, 9.17) is 0 Å². The van der Waals surface area contributed by atoms with Crippen molar-refractivity contribution in [2.75, 3.05) is 11.9 Å². The van der Waals surface area contributed by atoms with E-state index in [1.165, 1.54) is 28.8 Å². The highest BCUT2D eigenvalue weighted by molar-refractivity contribution is 5.57. The summed E-state index contributed by atoms with van der Waals surface area (Å²) in [5.41, 5.74) is 5.64. The molecule has 1 nitrogen and oxygen atoms in total. The van der Waals surface area contributed by atoms with Crippen LogP contribution in [-0.4, -0.2) is 6.54 Å². The molecule has 0 spiro atoms. The molecular weight excluding hydrogens is 158 g/mol. The van der Waals surface area contributed by atoms with Crippen LogP contribution in [0.5, 0.6) is 0 Å². The highest BCUT2D eigenvalue weighted by Gasteiger charge is 2.14. The Morgan fingerprint density at radius 1 is 1.23 bits per heavy atom. The van der Waals surface area contributed by atoms with Crippen LogP contribution in [-0.2, 0) is 6.42 Å². The third-order valence-electron chi connectivity index (χ3n) is 2.93. The van der Waals surface area contributed by atoms with Crippen LogP contribution < -0.4 is 5.32 Å². The van der Waals surface area contributed by atoms with Gasteiger partial charge in [-0.3, -0.25) is 0 Å². The number of rotatable bonds is 0. The van der Waals surface area contributed by atoms with Crippen molar-refractivity contribution in [3.8, 4) is 0 Å². The minimum atomic E-state index is 0.773. The summed E-state index contributed by atoms with van der Waals surface area (Å²) in [6.07, 6.45) is 1.23. The molecule has 0 bridgehead atoms. The normalized spacial score (nSPS) is 20.7. The monoisotopic (exact) mass is 175 g/mol. The third-order valence-corrected chi connectivity index (χ3v) is 2.93. The van der Waals surface area contributed by atoms with Gasteiger partial charge in [0.05, 0.1) is 0 Å². The second-order valence-corrected chi connectivity index (χ2v) is 4.28. The Balaban J connectivity index is 2.43. The minimum Gasteiger partial charge on any atom is -0.385 e. The Hall–Kier alpha value is -0.980. The van der Waals surface area contributed by atoms with Crippen LogP contribution in [0, 0.1) is 19.8 Å². The molecule has 0 aliphatic carbocycles. The van der Waals surface area contributed by atoms with Crippen molar-refractivity contribution in [1.29, 1.82) is 0 Å². The maximum absolute atomic E-state index is 3.48. The van der Waals surface area contributed by atoms with E-state index in [2.05, 4.69) is 38.2 Å². The summed E-state index contributed by atoms with van der Waals surface area (Å²) in [5, 5.41) is 3.48. The van der Waals surface area contributed by atoms with Gasteiger partial charge >= 0.3 is 0 Å². The van der Waals surface area contributed by atoms with Crippen molar-refractivity contribution >= 4 is 5.69 Å². The fourth-order valence-corrected chi connectivity index (χ4v) is 1.94. The highest BCUT2D eigenvalue weighted by Crippen LogP contribution is 2.27. The molecule has 2 rings (SSSR count). The summed E-state index contributed by atoms with van der Waals surface area (Å²) in [4.78, 5) is 0. The van der Waals surface area contributed by atoms with Crippen LogP contribution in [0.15, 0.2) is 12.1 Å². The van der Waals surface area contributed by atoms with Gasteiger partial charge in [0, 0.05) is 12.2 Å². The lowest BCUT2D eigenvalue weighted by Gasteiger charge is -2.24. The van der Waals surface area contributed by atoms with E-state index in [9.17, 15) is 0 Å². The first kappa shape index (κ1) is 8.61. The van der Waals surface area contributed by atoms with E-state index < -0.39 is 0 Å². The van der Waals surface area contributed by atoms with Crippen LogP contribution in [0.4, 0.5) is 5.69 Å². The van der Waals surface area contributed by atoms with E-state index in [0.29, 0.717) is 0 Å². The molecule has 1 N–H and O–H groups in total. The zero-order chi connectivity index (χ0) is 9.42. The van der Waals surface area contributed by atoms with Crippen LogP contribution in [0.25, 0.3) is 0 Å². The van der Waals surface area contributed by atoms with Crippen molar-refractivity contribution in [2.45, 2.75) is 27.2 Å². The number of hydrogen-bond acceptors (Lipinski definition) is 1. The summed E-state index contributed by atoms with van der Waals surface area (Å²) in [7, 11) is 0. The van der Waals surface area contributed by atoms with E-state index in [1.807, 2.05) is 0 Å². The molecular formula is C12H17N. The first-order valence-corrected chi connectivity index (χ1v) is 5.01. The zero-order valence-corrected chi connectivity index (χ0v) is 8.65. The van der Waals surface area contributed by atoms with Gasteiger partial charge in [0.2, 0.25) is 0 Å². The Morgan fingerprint density at radius 3 is 2.69 bits per heavy atom. The maximum Gasteiger partial charge on any atom is 0.0375 e. The quantitative estimate of drug-likeness (QED) is 0.639. The van der Waals surface area contributed by atoms with Gasteiger partial charge in [-0.25, -0.2) is 0 Å². The second kappa shape index (κ2) is 3.06. The molecule has 1 aromatic rings. The van der Waals surface area contributed by atoms with E-state index in [1.54, 1.807) is 0 Å². The first-order chi connectivity index (χ1) is 6.16. The minimum absolute atomic E-state index is 0.773. The molecule has 0 saturated heterocycles. The van der Waals surface area contributed by atoms with E-state index in [0.717, 1.165) is 12.5 Å². The lowest BCUT2D eigenvalue weighted by Crippen LogP contribution is -2.20. The molecule has 1 heterocycles. The SMILES string of the molecule is Cc1cc2c(cc1C)NC[C@@H](C)C2. The van der Waals surface area contributed by atoms with E-state index >= 15 is 0 Å². The smallest absolute Gasteiger partial charge is 0.0375 e. The number of anilines is 1. The van der Waals surface area contributed by atoms with Crippen molar-refractivity contribution < 1.29 is 0 Å². The summed E-state index contributed by atoms with van der Waals surface area (Å²) in [5.74, 6) is 0.773. The Labute approximate surface area is 80.2 Å². The lowest BCUT2D eigenvalue weighted by atomic mass is 9.92. The Bertz CT molecular complexity index is 328. The van der Waals surface area contributed by atoms with Crippen LogP contribution in [0.1, 0.15) is 23.6 Å². The van der Waals surface area contributed by atoms with Gasteiger partial charge in [0.15, 0.2) is 0 Å². The van der Waals surface area contributed by atoms with Crippen molar-refractivity contribution in [2.24, 2.45) is 5.92 Å². The average Bonchev–Trinajstić information content (AvgIpc) is 2.08. The van der Waals surface area contributed by atoms with Gasteiger partial charge in [0.1, 0.15) is 0 Å². The predicted molar refractivity (Wildman–Crippen MR) is 57.3 cm³/mol. The third kappa shape index (κ3) is 1.55. The molecule has 1 aliphatic heterocycles. The van der Waals surface area contributed by atoms with Gasteiger partial charge in [-0.2, -0.15) is 0 Å². The summed E-state index contributed by atoms with van der Waals surface area (Å²) < 4.78 is 0. The fourth-order valence-electron chi connectivity index (χ4n) is 1.94. The average molecular weight is 175 g/mol. The van der Waals surface area contributed by atoms with E-state index in [-0.39, 0.29) is 0 Å². The van der Waals surface area contributed by atoms with Crippen LogP contribution >= 0.6 is 0 Å².